The molecule has 1 aromatic carbocycles. The van der Waals surface area contributed by atoms with Gasteiger partial charge < -0.3 is 10.6 Å². The molecule has 122 valence electrons. The number of hydrogen-bond donors (Lipinski definition) is 1. The first-order valence-corrected chi connectivity index (χ1v) is 8.58. The van der Waals surface area contributed by atoms with Gasteiger partial charge in [0.1, 0.15) is 0 Å². The highest BCUT2D eigenvalue weighted by molar-refractivity contribution is 9.10. The lowest BCUT2D eigenvalue weighted by Crippen LogP contribution is -2.32. The third kappa shape index (κ3) is 3.33. The molecule has 2 aromatic rings. The average Bonchev–Trinajstić information content (AvgIpc) is 3.03. The lowest BCUT2D eigenvalue weighted by molar-refractivity contribution is 0.0789. The molecule has 0 saturated carbocycles. The zero-order valence-corrected chi connectivity index (χ0v) is 15.0. The predicted molar refractivity (Wildman–Crippen MR) is 93.4 cm³/mol. The number of carbonyl (C=O) groups is 1. The van der Waals surface area contributed by atoms with E-state index in [9.17, 15) is 4.79 Å². The third-order valence-corrected chi connectivity index (χ3v) is 4.82. The first kappa shape index (κ1) is 16.2. The molecule has 6 heteroatoms. The smallest absolute Gasteiger partial charge is 0.257 e. The molecule has 0 aliphatic carbocycles. The fourth-order valence-corrected chi connectivity index (χ4v) is 3.55. The van der Waals surface area contributed by atoms with Crippen molar-refractivity contribution in [3.8, 4) is 0 Å². The molecule has 2 heterocycles. The van der Waals surface area contributed by atoms with Gasteiger partial charge in [-0.05, 0) is 38.0 Å². The van der Waals surface area contributed by atoms with Crippen LogP contribution in [0.4, 0.5) is 0 Å². The molecule has 1 aliphatic rings. The van der Waals surface area contributed by atoms with E-state index in [2.05, 4.69) is 33.2 Å². The molecule has 2 N–H and O–H groups in total. The van der Waals surface area contributed by atoms with E-state index in [0.717, 1.165) is 34.4 Å². The summed E-state index contributed by atoms with van der Waals surface area (Å²) in [6.45, 7) is 5.87. The number of aromatic nitrogens is 2. The molecule has 3 rings (SSSR count). The van der Waals surface area contributed by atoms with Crippen LogP contribution in [0.2, 0.25) is 0 Å². The van der Waals surface area contributed by atoms with Gasteiger partial charge in [-0.25, -0.2) is 0 Å². The molecular weight excluding hydrogens is 356 g/mol. The summed E-state index contributed by atoms with van der Waals surface area (Å²) in [5.41, 5.74) is 9.47. The number of rotatable bonds is 3. The monoisotopic (exact) mass is 376 g/mol. The second kappa shape index (κ2) is 6.45. The van der Waals surface area contributed by atoms with Crippen LogP contribution in [-0.4, -0.2) is 39.7 Å². The quantitative estimate of drug-likeness (QED) is 0.894. The summed E-state index contributed by atoms with van der Waals surface area (Å²) in [4.78, 5) is 14.6. The Hall–Kier alpha value is -1.66. The summed E-state index contributed by atoms with van der Waals surface area (Å²) in [5, 5.41) is 4.57. The Morgan fingerprint density at radius 2 is 2.22 bits per heavy atom. The van der Waals surface area contributed by atoms with Crippen LogP contribution >= 0.6 is 15.9 Å². The van der Waals surface area contributed by atoms with E-state index in [1.165, 1.54) is 0 Å². The topological polar surface area (TPSA) is 64.2 Å². The maximum atomic E-state index is 12.8. The van der Waals surface area contributed by atoms with Crippen LogP contribution in [0, 0.1) is 13.8 Å². The highest BCUT2D eigenvalue weighted by Gasteiger charge is 2.28. The second-order valence-corrected chi connectivity index (χ2v) is 7.05. The lowest BCUT2D eigenvalue weighted by Gasteiger charge is -2.16. The summed E-state index contributed by atoms with van der Waals surface area (Å²) in [6, 6.07) is 8.22. The van der Waals surface area contributed by atoms with Crippen molar-refractivity contribution in [3.05, 3.63) is 51.3 Å². The van der Waals surface area contributed by atoms with Crippen molar-refractivity contribution in [2.24, 2.45) is 5.73 Å². The van der Waals surface area contributed by atoms with Gasteiger partial charge in [-0.15, -0.1) is 0 Å². The molecule has 0 unspecified atom stereocenters. The Morgan fingerprint density at radius 1 is 1.43 bits per heavy atom. The Kier molecular flexibility index (Phi) is 4.55. The van der Waals surface area contributed by atoms with E-state index < -0.39 is 0 Å². The van der Waals surface area contributed by atoms with E-state index in [1.807, 2.05) is 35.6 Å². The van der Waals surface area contributed by atoms with Gasteiger partial charge in [-0.2, -0.15) is 5.10 Å². The van der Waals surface area contributed by atoms with Crippen molar-refractivity contribution < 1.29 is 4.79 Å². The van der Waals surface area contributed by atoms with Crippen molar-refractivity contribution in [1.82, 2.24) is 14.7 Å². The van der Waals surface area contributed by atoms with Crippen molar-refractivity contribution in [3.63, 3.8) is 0 Å². The SMILES string of the molecule is Cc1nn(Cc2cccc(Br)c2)c(C)c1C(=O)N1CC[C@H](N)C1. The van der Waals surface area contributed by atoms with E-state index in [4.69, 9.17) is 5.73 Å². The Balaban J connectivity index is 1.86. The van der Waals surface area contributed by atoms with E-state index in [0.29, 0.717) is 18.7 Å². The van der Waals surface area contributed by atoms with Gasteiger partial charge in [0.25, 0.3) is 5.91 Å². The molecule has 1 aliphatic heterocycles. The lowest BCUT2D eigenvalue weighted by atomic mass is 10.1. The van der Waals surface area contributed by atoms with Gasteiger partial charge in [0, 0.05) is 29.3 Å². The van der Waals surface area contributed by atoms with E-state index >= 15 is 0 Å². The normalized spacial score (nSPS) is 17.7. The summed E-state index contributed by atoms with van der Waals surface area (Å²) >= 11 is 3.48. The number of benzene rings is 1. The first-order chi connectivity index (χ1) is 11.0. The number of hydrogen-bond acceptors (Lipinski definition) is 3. The molecule has 0 spiro atoms. The minimum atomic E-state index is 0.0495. The van der Waals surface area contributed by atoms with Crippen LogP contribution in [0.25, 0.3) is 0 Å². The number of likely N-dealkylation sites (tertiary alicyclic amines) is 1. The molecule has 23 heavy (non-hydrogen) atoms. The van der Waals surface area contributed by atoms with Gasteiger partial charge in [0.15, 0.2) is 0 Å². The molecule has 0 radical (unpaired) electrons. The Morgan fingerprint density at radius 3 is 2.87 bits per heavy atom. The van der Waals surface area contributed by atoms with Crippen LogP contribution in [0.1, 0.15) is 33.7 Å². The zero-order chi connectivity index (χ0) is 16.6. The van der Waals surface area contributed by atoms with Gasteiger partial charge in [-0.3, -0.25) is 9.48 Å². The molecule has 1 atom stereocenters. The highest BCUT2D eigenvalue weighted by Crippen LogP contribution is 2.20. The van der Waals surface area contributed by atoms with Crippen molar-refractivity contribution in [2.75, 3.05) is 13.1 Å². The van der Waals surface area contributed by atoms with Gasteiger partial charge >= 0.3 is 0 Å². The standard InChI is InChI=1S/C17H21BrN4O/c1-11-16(17(23)21-7-6-15(19)10-21)12(2)22(20-11)9-13-4-3-5-14(18)8-13/h3-5,8,15H,6-7,9-10,19H2,1-2H3/t15-/m0/s1. The second-order valence-electron chi connectivity index (χ2n) is 6.13. The van der Waals surface area contributed by atoms with Crippen molar-refractivity contribution in [2.45, 2.75) is 32.9 Å². The zero-order valence-electron chi connectivity index (χ0n) is 13.4. The molecule has 1 amide bonds. The van der Waals surface area contributed by atoms with Crippen LogP contribution in [0.3, 0.4) is 0 Å². The van der Waals surface area contributed by atoms with Crippen LogP contribution in [0.15, 0.2) is 28.7 Å². The maximum Gasteiger partial charge on any atom is 0.257 e. The average molecular weight is 377 g/mol. The minimum absolute atomic E-state index is 0.0495. The minimum Gasteiger partial charge on any atom is -0.337 e. The van der Waals surface area contributed by atoms with Crippen LogP contribution in [-0.2, 0) is 6.54 Å². The summed E-state index contributed by atoms with van der Waals surface area (Å²) in [7, 11) is 0. The summed E-state index contributed by atoms with van der Waals surface area (Å²) in [5.74, 6) is 0.0495. The number of amides is 1. The number of nitrogens with two attached hydrogens (primary N) is 1. The van der Waals surface area contributed by atoms with Gasteiger partial charge in [-0.1, -0.05) is 28.1 Å². The molecule has 0 bridgehead atoms. The largest absolute Gasteiger partial charge is 0.337 e. The molecule has 1 saturated heterocycles. The Labute approximate surface area is 144 Å². The number of aryl methyl sites for hydroxylation is 1. The van der Waals surface area contributed by atoms with Crippen molar-refractivity contribution >= 4 is 21.8 Å². The first-order valence-electron chi connectivity index (χ1n) is 7.79. The summed E-state index contributed by atoms with van der Waals surface area (Å²) < 4.78 is 2.94. The molecule has 1 aromatic heterocycles. The number of halogens is 1. The molecular formula is C17H21BrN4O. The summed E-state index contributed by atoms with van der Waals surface area (Å²) in [6.07, 6.45) is 0.871. The fourth-order valence-electron chi connectivity index (χ4n) is 3.10. The molecule has 1 fully saturated rings. The number of carbonyl (C=O) groups excluding carboxylic acids is 1. The Bertz CT molecular complexity index is 740. The van der Waals surface area contributed by atoms with Crippen molar-refractivity contribution in [1.29, 1.82) is 0 Å². The molecule has 5 nitrogen and oxygen atoms in total. The van der Waals surface area contributed by atoms with Crippen LogP contribution < -0.4 is 5.73 Å². The van der Waals surface area contributed by atoms with Crippen LogP contribution in [0.5, 0.6) is 0 Å². The third-order valence-electron chi connectivity index (χ3n) is 4.33. The maximum absolute atomic E-state index is 12.8. The predicted octanol–water partition coefficient (Wildman–Crippen LogP) is 2.48. The highest BCUT2D eigenvalue weighted by atomic mass is 79.9. The van der Waals surface area contributed by atoms with Gasteiger partial charge in [0.2, 0.25) is 0 Å². The van der Waals surface area contributed by atoms with E-state index in [-0.39, 0.29) is 11.9 Å². The van der Waals surface area contributed by atoms with E-state index in [1.54, 1.807) is 0 Å². The fraction of sp³-hybridized carbons (Fsp3) is 0.412. The number of nitrogens with zero attached hydrogens (tertiary/aromatic N) is 3. The van der Waals surface area contributed by atoms with Gasteiger partial charge in [0.05, 0.1) is 17.8 Å².